The molecule has 2 rings (SSSR count). The first-order chi connectivity index (χ1) is 8.47. The first-order valence-electron chi connectivity index (χ1n) is 7.58. The van der Waals surface area contributed by atoms with Crippen LogP contribution in [-0.2, 0) is 4.74 Å². The fourth-order valence-corrected chi connectivity index (χ4v) is 3.89. The smallest absolute Gasteiger partial charge is 0.0691 e. The van der Waals surface area contributed by atoms with Crippen molar-refractivity contribution in [2.45, 2.75) is 58.6 Å². The van der Waals surface area contributed by atoms with Crippen LogP contribution >= 0.6 is 0 Å². The summed E-state index contributed by atoms with van der Waals surface area (Å²) < 4.78 is 5.82. The van der Waals surface area contributed by atoms with Crippen molar-refractivity contribution in [3.8, 4) is 0 Å². The van der Waals surface area contributed by atoms with E-state index in [0.29, 0.717) is 12.0 Å². The molecule has 0 aromatic rings. The van der Waals surface area contributed by atoms with Crippen LogP contribution < -0.4 is 11.1 Å². The molecule has 1 saturated heterocycles. The fraction of sp³-hybridized carbons (Fsp3) is 1.00. The highest BCUT2D eigenvalue weighted by Gasteiger charge is 2.67. The first kappa shape index (κ1) is 14.3. The van der Waals surface area contributed by atoms with E-state index in [-0.39, 0.29) is 11.0 Å². The molecule has 1 aliphatic carbocycles. The second-order valence-electron chi connectivity index (χ2n) is 6.76. The monoisotopic (exact) mass is 254 g/mol. The summed E-state index contributed by atoms with van der Waals surface area (Å²) in [6.07, 6.45) is 4.02. The van der Waals surface area contributed by atoms with Crippen molar-refractivity contribution in [3.63, 3.8) is 0 Å². The van der Waals surface area contributed by atoms with Crippen molar-refractivity contribution >= 4 is 0 Å². The Labute approximate surface area is 112 Å². The summed E-state index contributed by atoms with van der Waals surface area (Å²) in [5, 5.41) is 3.62. The van der Waals surface area contributed by atoms with Crippen molar-refractivity contribution < 1.29 is 4.74 Å². The lowest BCUT2D eigenvalue weighted by molar-refractivity contribution is -0.153. The lowest BCUT2D eigenvalue weighted by Crippen LogP contribution is -2.78. The minimum atomic E-state index is -0.0831. The summed E-state index contributed by atoms with van der Waals surface area (Å²) in [7, 11) is 0. The lowest BCUT2D eigenvalue weighted by atomic mass is 9.48. The Kier molecular flexibility index (Phi) is 4.05. The van der Waals surface area contributed by atoms with Gasteiger partial charge < -0.3 is 15.8 Å². The van der Waals surface area contributed by atoms with Gasteiger partial charge in [0.15, 0.2) is 0 Å². The molecular formula is C15H30N2O. The molecule has 1 heterocycles. The van der Waals surface area contributed by atoms with E-state index in [0.717, 1.165) is 32.0 Å². The van der Waals surface area contributed by atoms with Gasteiger partial charge in [0.05, 0.1) is 6.10 Å². The van der Waals surface area contributed by atoms with Gasteiger partial charge in [-0.05, 0) is 18.9 Å². The highest BCUT2D eigenvalue weighted by atomic mass is 16.5. The fourth-order valence-electron chi connectivity index (χ4n) is 3.89. The molecule has 3 atom stereocenters. The topological polar surface area (TPSA) is 47.3 Å². The summed E-state index contributed by atoms with van der Waals surface area (Å²) in [5.74, 6) is 1.34. The average molecular weight is 254 g/mol. The molecule has 3 unspecified atom stereocenters. The summed E-state index contributed by atoms with van der Waals surface area (Å²) in [6.45, 7) is 12.0. The lowest BCUT2D eigenvalue weighted by Gasteiger charge is -2.62. The predicted octanol–water partition coefficient (Wildman–Crippen LogP) is 2.15. The van der Waals surface area contributed by atoms with Gasteiger partial charge in [-0.25, -0.2) is 0 Å². The van der Waals surface area contributed by atoms with E-state index in [1.807, 2.05) is 0 Å². The molecule has 2 aliphatic rings. The van der Waals surface area contributed by atoms with Crippen LogP contribution in [-0.4, -0.2) is 31.3 Å². The van der Waals surface area contributed by atoms with E-state index in [1.54, 1.807) is 0 Å². The van der Waals surface area contributed by atoms with Crippen LogP contribution in [0.2, 0.25) is 0 Å². The maximum Gasteiger partial charge on any atom is 0.0691 e. The second kappa shape index (κ2) is 5.10. The normalized spacial score (nSPS) is 37.7. The van der Waals surface area contributed by atoms with Crippen LogP contribution in [0.15, 0.2) is 0 Å². The molecule has 0 bridgehead atoms. The van der Waals surface area contributed by atoms with Crippen LogP contribution in [0.4, 0.5) is 0 Å². The molecular weight excluding hydrogens is 224 g/mol. The van der Waals surface area contributed by atoms with E-state index in [2.05, 4.69) is 33.0 Å². The zero-order chi connectivity index (χ0) is 13.4. The van der Waals surface area contributed by atoms with Gasteiger partial charge in [-0.2, -0.15) is 0 Å². The Hall–Kier alpha value is -0.120. The molecule has 0 aromatic heterocycles. The van der Waals surface area contributed by atoms with Crippen LogP contribution in [0, 0.1) is 17.3 Å². The first-order valence-corrected chi connectivity index (χ1v) is 7.58. The average Bonchev–Trinajstić information content (AvgIpc) is 2.82. The number of rotatable bonds is 6. The van der Waals surface area contributed by atoms with E-state index < -0.39 is 0 Å². The zero-order valence-corrected chi connectivity index (χ0v) is 12.5. The Morgan fingerprint density at radius 1 is 1.33 bits per heavy atom. The number of fused-ring (bicyclic) bond motifs is 1. The molecule has 1 aliphatic heterocycles. The molecule has 18 heavy (non-hydrogen) atoms. The van der Waals surface area contributed by atoms with Gasteiger partial charge >= 0.3 is 0 Å². The van der Waals surface area contributed by atoms with Gasteiger partial charge in [-0.1, -0.05) is 40.5 Å². The van der Waals surface area contributed by atoms with Crippen molar-refractivity contribution in [3.05, 3.63) is 0 Å². The molecule has 0 radical (unpaired) electrons. The Balaban J connectivity index is 1.88. The summed E-state index contributed by atoms with van der Waals surface area (Å²) in [6, 6.07) is 0. The number of nitrogens with two attached hydrogens (primary N) is 1. The molecule has 0 aromatic carbocycles. The van der Waals surface area contributed by atoms with Gasteiger partial charge in [0, 0.05) is 30.0 Å². The highest BCUT2D eigenvalue weighted by molar-refractivity contribution is 5.21. The molecule has 0 spiro atoms. The van der Waals surface area contributed by atoms with Crippen LogP contribution in [0.1, 0.15) is 47.0 Å². The molecule has 0 amide bonds. The van der Waals surface area contributed by atoms with E-state index in [1.165, 1.54) is 12.8 Å². The largest absolute Gasteiger partial charge is 0.377 e. The summed E-state index contributed by atoms with van der Waals surface area (Å²) in [5.41, 5.74) is 6.72. The van der Waals surface area contributed by atoms with Crippen molar-refractivity contribution in [2.75, 3.05) is 19.7 Å². The molecule has 3 nitrogen and oxygen atoms in total. The van der Waals surface area contributed by atoms with E-state index >= 15 is 0 Å². The van der Waals surface area contributed by atoms with Gasteiger partial charge in [-0.15, -0.1) is 0 Å². The third-order valence-electron chi connectivity index (χ3n) is 5.67. The zero-order valence-electron chi connectivity index (χ0n) is 12.5. The van der Waals surface area contributed by atoms with Crippen molar-refractivity contribution in [1.82, 2.24) is 5.32 Å². The van der Waals surface area contributed by atoms with Crippen LogP contribution in [0.5, 0.6) is 0 Å². The Morgan fingerprint density at radius 2 is 2.00 bits per heavy atom. The van der Waals surface area contributed by atoms with Crippen molar-refractivity contribution in [1.29, 1.82) is 0 Å². The highest BCUT2D eigenvalue weighted by Crippen LogP contribution is 2.57. The minimum absolute atomic E-state index is 0.0831. The summed E-state index contributed by atoms with van der Waals surface area (Å²) >= 11 is 0. The van der Waals surface area contributed by atoms with Gasteiger partial charge in [-0.3, -0.25) is 0 Å². The predicted molar refractivity (Wildman–Crippen MR) is 75.5 cm³/mol. The molecule has 106 valence electrons. The Bertz CT molecular complexity index is 288. The maximum atomic E-state index is 6.69. The molecule has 1 saturated carbocycles. The molecule has 3 N–H and O–H groups in total. The van der Waals surface area contributed by atoms with Crippen LogP contribution in [0.3, 0.4) is 0 Å². The van der Waals surface area contributed by atoms with E-state index in [4.69, 9.17) is 10.5 Å². The standard InChI is InChI=1S/C15H30N2O/c1-5-11(6-2)9-17-10-15(16)12-7-8-18-13(12)14(15,3)4/h11-13,17H,5-10,16H2,1-4H3. The number of hydrogen-bond donors (Lipinski definition) is 2. The third kappa shape index (κ3) is 2.00. The number of hydrogen-bond acceptors (Lipinski definition) is 3. The van der Waals surface area contributed by atoms with Gasteiger partial charge in [0.25, 0.3) is 0 Å². The second-order valence-corrected chi connectivity index (χ2v) is 6.76. The van der Waals surface area contributed by atoms with Gasteiger partial charge in [0.1, 0.15) is 0 Å². The Morgan fingerprint density at radius 3 is 2.61 bits per heavy atom. The number of ether oxygens (including phenoxy) is 1. The van der Waals surface area contributed by atoms with Gasteiger partial charge in [0.2, 0.25) is 0 Å². The summed E-state index contributed by atoms with van der Waals surface area (Å²) in [4.78, 5) is 0. The molecule has 2 fully saturated rings. The minimum Gasteiger partial charge on any atom is -0.377 e. The quantitative estimate of drug-likeness (QED) is 0.763. The van der Waals surface area contributed by atoms with E-state index in [9.17, 15) is 0 Å². The maximum absolute atomic E-state index is 6.69. The third-order valence-corrected chi connectivity index (χ3v) is 5.67. The number of nitrogens with one attached hydrogen (secondary N) is 1. The molecule has 3 heteroatoms. The SMILES string of the molecule is CCC(CC)CNCC1(N)C2CCOC2C1(C)C. The van der Waals surface area contributed by atoms with Crippen LogP contribution in [0.25, 0.3) is 0 Å². The van der Waals surface area contributed by atoms with Crippen molar-refractivity contribution in [2.24, 2.45) is 23.0 Å².